The van der Waals surface area contributed by atoms with E-state index >= 15 is 0 Å². The Kier molecular flexibility index (Phi) is 4.70. The van der Waals surface area contributed by atoms with Crippen LogP contribution >= 0.6 is 0 Å². The molecule has 0 aromatic heterocycles. The minimum atomic E-state index is -0.566. The average Bonchev–Trinajstić information content (AvgIpc) is 2.52. The topological polar surface area (TPSA) is 70.3 Å². The van der Waals surface area contributed by atoms with Gasteiger partial charge in [0.05, 0.1) is 18.2 Å². The van der Waals surface area contributed by atoms with E-state index in [1.165, 1.54) is 6.92 Å². The maximum Gasteiger partial charge on any atom is 0.303 e. The van der Waals surface area contributed by atoms with E-state index in [4.69, 9.17) is 15.1 Å². The number of ether oxygens (including phenoxy) is 1. The molecule has 0 radical (unpaired) electrons. The van der Waals surface area contributed by atoms with Crippen molar-refractivity contribution in [1.82, 2.24) is 0 Å². The summed E-state index contributed by atoms with van der Waals surface area (Å²) in [7, 11) is 0. The van der Waals surface area contributed by atoms with Crippen molar-refractivity contribution in [2.75, 3.05) is 0 Å². The Balaban J connectivity index is 2.41. The normalized spacial score (nSPS) is 11.5. The van der Waals surface area contributed by atoms with Gasteiger partial charge in [-0.15, -0.1) is 0 Å². The molecule has 0 unspecified atom stereocenters. The van der Waals surface area contributed by atoms with E-state index in [-0.39, 0.29) is 6.61 Å². The van der Waals surface area contributed by atoms with Crippen LogP contribution in [0.25, 0.3) is 0 Å². The maximum absolute atomic E-state index is 11.4. The van der Waals surface area contributed by atoms with Crippen molar-refractivity contribution in [2.24, 2.45) is 0 Å². The Morgan fingerprint density at radius 1 is 1.24 bits per heavy atom. The van der Waals surface area contributed by atoms with E-state index in [0.717, 1.165) is 16.7 Å². The Hall–Kier alpha value is -2.64. The molecular formula is C17H15NO3. The lowest BCUT2D eigenvalue weighted by Gasteiger charge is -2.18. The molecule has 1 atom stereocenters. The van der Waals surface area contributed by atoms with E-state index in [1.807, 2.05) is 6.07 Å². The molecule has 0 saturated carbocycles. The number of benzene rings is 2. The van der Waals surface area contributed by atoms with Gasteiger partial charge in [-0.05, 0) is 28.8 Å². The van der Waals surface area contributed by atoms with Crippen LogP contribution in [-0.2, 0) is 16.1 Å². The van der Waals surface area contributed by atoms with Crippen molar-refractivity contribution in [2.45, 2.75) is 19.6 Å². The van der Waals surface area contributed by atoms with Gasteiger partial charge in [0.15, 0.2) is 6.10 Å². The molecule has 0 aliphatic carbocycles. The summed E-state index contributed by atoms with van der Waals surface area (Å²) in [5.41, 5.74) is 2.82. The fourth-order valence-electron chi connectivity index (χ4n) is 2.06. The van der Waals surface area contributed by atoms with Gasteiger partial charge in [-0.2, -0.15) is 5.26 Å². The monoisotopic (exact) mass is 281 g/mol. The first-order chi connectivity index (χ1) is 10.1. The zero-order valence-electron chi connectivity index (χ0n) is 11.6. The predicted octanol–water partition coefficient (Wildman–Crippen LogP) is 2.70. The van der Waals surface area contributed by atoms with Crippen LogP contribution in [0, 0.1) is 11.3 Å². The molecule has 2 aromatic carbocycles. The molecule has 4 heteroatoms. The van der Waals surface area contributed by atoms with Crippen molar-refractivity contribution >= 4 is 5.97 Å². The number of aliphatic hydroxyl groups excluding tert-OH is 1. The van der Waals surface area contributed by atoms with Gasteiger partial charge in [-0.25, -0.2) is 0 Å². The summed E-state index contributed by atoms with van der Waals surface area (Å²) in [6.45, 7) is 1.31. The van der Waals surface area contributed by atoms with Crippen molar-refractivity contribution in [3.8, 4) is 6.07 Å². The molecule has 0 amide bonds. The molecule has 106 valence electrons. The molecule has 21 heavy (non-hydrogen) atoms. The van der Waals surface area contributed by atoms with E-state index in [0.29, 0.717) is 5.56 Å². The lowest BCUT2D eigenvalue weighted by atomic mass is 9.99. The Bertz CT molecular complexity index is 671. The number of rotatable bonds is 4. The van der Waals surface area contributed by atoms with Gasteiger partial charge in [0.1, 0.15) is 0 Å². The van der Waals surface area contributed by atoms with Crippen molar-refractivity contribution in [3.63, 3.8) is 0 Å². The minimum Gasteiger partial charge on any atom is -0.453 e. The molecule has 0 bridgehead atoms. The SMILES string of the molecule is CC(=O)O[C@@H](c1ccc(CO)cc1)c1cccc(C#N)c1. The van der Waals surface area contributed by atoms with Gasteiger partial charge in [-0.3, -0.25) is 4.79 Å². The van der Waals surface area contributed by atoms with Crippen LogP contribution in [0.3, 0.4) is 0 Å². The lowest BCUT2D eigenvalue weighted by Crippen LogP contribution is -2.10. The van der Waals surface area contributed by atoms with E-state index in [1.54, 1.807) is 42.5 Å². The predicted molar refractivity (Wildman–Crippen MR) is 77.1 cm³/mol. The van der Waals surface area contributed by atoms with Crippen LogP contribution in [0.5, 0.6) is 0 Å². The van der Waals surface area contributed by atoms with Crippen molar-refractivity contribution in [3.05, 3.63) is 70.8 Å². The molecule has 4 nitrogen and oxygen atoms in total. The van der Waals surface area contributed by atoms with Gasteiger partial charge in [-0.1, -0.05) is 36.4 Å². The van der Waals surface area contributed by atoms with Crippen LogP contribution in [0.1, 0.15) is 35.3 Å². The second kappa shape index (κ2) is 6.69. The number of esters is 1. The quantitative estimate of drug-likeness (QED) is 0.875. The molecule has 0 spiro atoms. The van der Waals surface area contributed by atoms with Gasteiger partial charge >= 0.3 is 5.97 Å². The van der Waals surface area contributed by atoms with Crippen molar-refractivity contribution in [1.29, 1.82) is 5.26 Å². The molecule has 0 saturated heterocycles. The molecule has 2 rings (SSSR count). The van der Waals surface area contributed by atoms with Crippen LogP contribution in [0.4, 0.5) is 0 Å². The van der Waals surface area contributed by atoms with Crippen LogP contribution in [0.2, 0.25) is 0 Å². The summed E-state index contributed by atoms with van der Waals surface area (Å²) in [6, 6.07) is 16.2. The van der Waals surface area contributed by atoms with E-state index in [9.17, 15) is 4.79 Å². The summed E-state index contributed by atoms with van der Waals surface area (Å²) in [6.07, 6.45) is -0.566. The number of hydrogen-bond donors (Lipinski definition) is 1. The number of nitrogens with zero attached hydrogens (tertiary/aromatic N) is 1. The summed E-state index contributed by atoms with van der Waals surface area (Å²) < 4.78 is 5.38. The first-order valence-electron chi connectivity index (χ1n) is 6.51. The maximum atomic E-state index is 11.4. The average molecular weight is 281 g/mol. The second-order valence-corrected chi connectivity index (χ2v) is 4.63. The number of aliphatic hydroxyl groups is 1. The highest BCUT2D eigenvalue weighted by atomic mass is 16.5. The van der Waals surface area contributed by atoms with Crippen LogP contribution in [-0.4, -0.2) is 11.1 Å². The van der Waals surface area contributed by atoms with Crippen LogP contribution < -0.4 is 0 Å². The van der Waals surface area contributed by atoms with Crippen molar-refractivity contribution < 1.29 is 14.6 Å². The van der Waals surface area contributed by atoms with Crippen LogP contribution in [0.15, 0.2) is 48.5 Å². The first-order valence-corrected chi connectivity index (χ1v) is 6.51. The minimum absolute atomic E-state index is 0.0393. The molecule has 0 fully saturated rings. The second-order valence-electron chi connectivity index (χ2n) is 4.63. The highest BCUT2D eigenvalue weighted by Gasteiger charge is 2.17. The molecule has 2 aromatic rings. The third kappa shape index (κ3) is 3.68. The highest BCUT2D eigenvalue weighted by molar-refractivity contribution is 5.67. The number of nitriles is 1. The van der Waals surface area contributed by atoms with Gasteiger partial charge in [0.25, 0.3) is 0 Å². The zero-order chi connectivity index (χ0) is 15.2. The number of carbonyl (C=O) groups excluding carboxylic acids is 1. The number of hydrogen-bond acceptors (Lipinski definition) is 4. The smallest absolute Gasteiger partial charge is 0.303 e. The third-order valence-corrected chi connectivity index (χ3v) is 3.07. The van der Waals surface area contributed by atoms with Gasteiger partial charge < -0.3 is 9.84 Å². The summed E-state index contributed by atoms with van der Waals surface area (Å²) in [5.74, 6) is -0.395. The Morgan fingerprint density at radius 2 is 1.95 bits per heavy atom. The molecule has 0 aliphatic rings. The summed E-state index contributed by atoms with van der Waals surface area (Å²) >= 11 is 0. The molecular weight excluding hydrogens is 266 g/mol. The fourth-order valence-corrected chi connectivity index (χ4v) is 2.06. The highest BCUT2D eigenvalue weighted by Crippen LogP contribution is 2.27. The Labute approximate surface area is 123 Å². The Morgan fingerprint density at radius 3 is 2.52 bits per heavy atom. The lowest BCUT2D eigenvalue weighted by molar-refractivity contribution is -0.144. The zero-order valence-corrected chi connectivity index (χ0v) is 11.6. The summed E-state index contributed by atoms with van der Waals surface area (Å²) in [5, 5.41) is 18.1. The number of carbonyl (C=O) groups is 1. The van der Waals surface area contributed by atoms with Gasteiger partial charge in [0, 0.05) is 6.92 Å². The summed E-state index contributed by atoms with van der Waals surface area (Å²) in [4.78, 5) is 11.4. The molecule has 0 aliphatic heterocycles. The first kappa shape index (κ1) is 14.8. The fraction of sp³-hybridized carbons (Fsp3) is 0.176. The van der Waals surface area contributed by atoms with Gasteiger partial charge in [0.2, 0.25) is 0 Å². The largest absolute Gasteiger partial charge is 0.453 e. The molecule has 0 heterocycles. The molecule has 1 N–H and O–H groups in total. The van der Waals surface area contributed by atoms with E-state index < -0.39 is 12.1 Å². The standard InChI is InChI=1S/C17H15NO3/c1-12(20)21-17(15-7-5-13(11-19)6-8-15)16-4-2-3-14(9-16)10-18/h2-9,17,19H,11H2,1H3/t17-/m0/s1. The van der Waals surface area contributed by atoms with E-state index in [2.05, 4.69) is 6.07 Å². The third-order valence-electron chi connectivity index (χ3n) is 3.07.